The molecule has 0 unspecified atom stereocenters. The smallest absolute Gasteiger partial charge is 0.407 e. The molecule has 0 saturated carbocycles. The number of aromatic amines is 1. The monoisotopic (exact) mass is 685 g/mol. The summed E-state index contributed by atoms with van der Waals surface area (Å²) < 4.78 is 9.53. The summed E-state index contributed by atoms with van der Waals surface area (Å²) in [6.07, 6.45) is 2.74. The van der Waals surface area contributed by atoms with E-state index < -0.39 is 24.3 Å². The van der Waals surface area contributed by atoms with E-state index >= 15 is 0 Å². The van der Waals surface area contributed by atoms with E-state index in [1.165, 1.54) is 14.2 Å². The van der Waals surface area contributed by atoms with Crippen molar-refractivity contribution in [1.29, 1.82) is 0 Å². The van der Waals surface area contributed by atoms with Gasteiger partial charge in [-0.3, -0.25) is 14.6 Å². The molecule has 2 aromatic carbocycles. The van der Waals surface area contributed by atoms with Crippen molar-refractivity contribution in [3.05, 3.63) is 47.8 Å². The number of fused-ring (bicyclic) bond motifs is 2. The second-order valence-corrected chi connectivity index (χ2v) is 14.1. The molecular weight excluding hydrogens is 638 g/mol. The number of nitrogens with zero attached hydrogens (tertiary/aromatic N) is 4. The van der Waals surface area contributed by atoms with Gasteiger partial charge in [-0.05, 0) is 78.5 Å². The molecule has 0 bridgehead atoms. The highest BCUT2D eigenvalue weighted by Gasteiger charge is 2.40. The lowest BCUT2D eigenvalue weighted by molar-refractivity contribution is -0.135. The highest BCUT2D eigenvalue weighted by molar-refractivity contribution is 6.01. The minimum atomic E-state index is -0.693. The highest BCUT2D eigenvalue weighted by Crippen LogP contribution is 2.37. The van der Waals surface area contributed by atoms with E-state index in [1.54, 1.807) is 0 Å². The first-order chi connectivity index (χ1) is 24.0. The zero-order chi connectivity index (χ0) is 35.7. The van der Waals surface area contributed by atoms with Gasteiger partial charge in [0.15, 0.2) is 0 Å². The highest BCUT2D eigenvalue weighted by atomic mass is 16.5. The molecule has 2 fully saturated rings. The first-order valence-corrected chi connectivity index (χ1v) is 17.5. The normalized spacial score (nSPS) is 19.8. The molecule has 4 amide bonds. The first-order valence-electron chi connectivity index (χ1n) is 17.5. The van der Waals surface area contributed by atoms with Gasteiger partial charge >= 0.3 is 12.2 Å². The molecule has 3 aliphatic heterocycles. The van der Waals surface area contributed by atoms with Gasteiger partial charge in [0, 0.05) is 25.2 Å². The molecule has 4 atom stereocenters. The zero-order valence-electron chi connectivity index (χ0n) is 29.6. The Kier molecular flexibility index (Phi) is 10.1. The summed E-state index contributed by atoms with van der Waals surface area (Å²) in [5.74, 6) is 0.275. The van der Waals surface area contributed by atoms with Gasteiger partial charge in [-0.1, -0.05) is 39.8 Å². The van der Waals surface area contributed by atoms with Crippen LogP contribution in [0.5, 0.6) is 0 Å². The molecule has 1 aromatic heterocycles. The number of amides is 4. The van der Waals surface area contributed by atoms with Crippen molar-refractivity contribution in [2.45, 2.75) is 84.0 Å². The Hall–Kier alpha value is -4.94. The maximum atomic E-state index is 13.6. The molecular formula is C37H47N7O6. The van der Waals surface area contributed by atoms with Gasteiger partial charge in [-0.15, -0.1) is 0 Å². The second kappa shape index (κ2) is 14.5. The summed E-state index contributed by atoms with van der Waals surface area (Å²) in [7, 11) is 2.59. The Morgan fingerprint density at radius 1 is 0.800 bits per heavy atom. The number of H-pyrrole nitrogens is 1. The van der Waals surface area contributed by atoms with Crippen LogP contribution in [0.2, 0.25) is 0 Å². The van der Waals surface area contributed by atoms with Gasteiger partial charge in [-0.25, -0.2) is 14.6 Å². The number of aromatic nitrogens is 2. The minimum absolute atomic E-state index is 0.0939. The largest absolute Gasteiger partial charge is 0.453 e. The summed E-state index contributed by atoms with van der Waals surface area (Å²) in [6.45, 7) is 8.84. The first kappa shape index (κ1) is 34.9. The van der Waals surface area contributed by atoms with E-state index in [2.05, 4.69) is 39.9 Å². The number of benzene rings is 2. The number of imidazole rings is 1. The number of carbonyl (C=O) groups excluding carboxylic acids is 4. The van der Waals surface area contributed by atoms with Crippen LogP contribution >= 0.6 is 0 Å². The predicted molar refractivity (Wildman–Crippen MR) is 189 cm³/mol. The third-order valence-corrected chi connectivity index (χ3v) is 10.1. The fourth-order valence-electron chi connectivity index (χ4n) is 7.41. The molecule has 2 saturated heterocycles. The Morgan fingerprint density at radius 2 is 1.36 bits per heavy atom. The second-order valence-electron chi connectivity index (χ2n) is 14.1. The van der Waals surface area contributed by atoms with Crippen LogP contribution in [-0.4, -0.2) is 94.9 Å². The molecule has 4 heterocycles. The molecule has 3 aromatic rings. The van der Waals surface area contributed by atoms with Crippen LogP contribution in [0.4, 0.5) is 15.3 Å². The third-order valence-electron chi connectivity index (χ3n) is 10.1. The van der Waals surface area contributed by atoms with Crippen molar-refractivity contribution >= 4 is 46.4 Å². The molecule has 3 N–H and O–H groups in total. The molecule has 6 rings (SSSR count). The van der Waals surface area contributed by atoms with E-state index in [0.29, 0.717) is 19.5 Å². The average molecular weight is 686 g/mol. The topological polar surface area (TPSA) is 158 Å². The van der Waals surface area contributed by atoms with Gasteiger partial charge in [0.2, 0.25) is 11.8 Å². The van der Waals surface area contributed by atoms with E-state index in [1.807, 2.05) is 49.6 Å². The number of hydrogen-bond donors (Lipinski definition) is 3. The van der Waals surface area contributed by atoms with Gasteiger partial charge in [0.05, 0.1) is 43.0 Å². The molecule has 13 nitrogen and oxygen atoms in total. The van der Waals surface area contributed by atoms with E-state index in [-0.39, 0.29) is 35.7 Å². The number of carbonyl (C=O) groups is 4. The van der Waals surface area contributed by atoms with Gasteiger partial charge in [0.25, 0.3) is 0 Å². The number of hydrogen-bond acceptors (Lipinski definition) is 8. The lowest BCUT2D eigenvalue weighted by atomic mass is 9.97. The van der Waals surface area contributed by atoms with Crippen molar-refractivity contribution in [2.24, 2.45) is 16.8 Å². The van der Waals surface area contributed by atoms with Crippen LogP contribution in [0, 0.1) is 11.8 Å². The van der Waals surface area contributed by atoms with Gasteiger partial charge in [0.1, 0.15) is 17.9 Å². The molecule has 50 heavy (non-hydrogen) atoms. The number of aliphatic imine (C=N–C) groups is 1. The van der Waals surface area contributed by atoms with Crippen molar-refractivity contribution in [2.75, 3.05) is 27.3 Å². The fourth-order valence-corrected chi connectivity index (χ4v) is 7.41. The fraction of sp³-hybridized carbons (Fsp3) is 0.514. The van der Waals surface area contributed by atoms with Crippen LogP contribution in [-0.2, 0) is 25.5 Å². The maximum absolute atomic E-state index is 13.6. The Morgan fingerprint density at radius 3 is 1.96 bits per heavy atom. The number of ether oxygens (including phenoxy) is 2. The van der Waals surface area contributed by atoms with Crippen LogP contribution in [0.15, 0.2) is 41.4 Å². The predicted octanol–water partition coefficient (Wildman–Crippen LogP) is 5.27. The number of nitrogens with one attached hydrogen (secondary N) is 3. The summed E-state index contributed by atoms with van der Waals surface area (Å²) in [5.41, 5.74) is 6.75. The SMILES string of the molecule is COC(=O)N[C@H](C(=O)N1CCC[C@H]1C1=Nc2ccc(-c3ccc4nc([C@@H]5CCCN5C(=O)[C@@H](NC(=O)OC)C(C)C)[nH]c4c3)cc2C1)C(C)C. The summed E-state index contributed by atoms with van der Waals surface area (Å²) in [4.78, 5) is 68.2. The maximum Gasteiger partial charge on any atom is 0.407 e. The minimum Gasteiger partial charge on any atom is -0.453 e. The number of methoxy groups -OCH3 is 2. The van der Waals surface area contributed by atoms with Crippen molar-refractivity contribution in [1.82, 2.24) is 30.4 Å². The van der Waals surface area contributed by atoms with E-state index in [4.69, 9.17) is 19.5 Å². The van der Waals surface area contributed by atoms with Crippen LogP contribution in [0.3, 0.4) is 0 Å². The van der Waals surface area contributed by atoms with Gasteiger partial charge in [-0.2, -0.15) is 0 Å². The van der Waals surface area contributed by atoms with Crippen molar-refractivity contribution < 1.29 is 28.7 Å². The molecule has 0 aliphatic carbocycles. The summed E-state index contributed by atoms with van der Waals surface area (Å²) in [5, 5.41) is 5.42. The van der Waals surface area contributed by atoms with Crippen LogP contribution in [0.25, 0.3) is 22.2 Å². The Labute approximate surface area is 292 Å². The molecule has 266 valence electrons. The average Bonchev–Trinajstić information content (AvgIpc) is 3.92. The van der Waals surface area contributed by atoms with Gasteiger partial charge < -0.3 is 34.9 Å². The van der Waals surface area contributed by atoms with Crippen LogP contribution in [0.1, 0.15) is 70.8 Å². The number of alkyl carbamates (subject to hydrolysis) is 2. The third kappa shape index (κ3) is 6.90. The summed E-state index contributed by atoms with van der Waals surface area (Å²) >= 11 is 0. The number of likely N-dealkylation sites (tertiary alicyclic amines) is 2. The zero-order valence-corrected chi connectivity index (χ0v) is 29.6. The lowest BCUT2D eigenvalue weighted by Gasteiger charge is -2.30. The molecule has 0 spiro atoms. The standard InChI is InChI=1S/C37H47N7O6/c1-20(2)31(41-36(47)49-5)34(45)43-15-7-9-29(43)28-19-24-17-22(11-13-25(24)38-28)23-12-14-26-27(18-23)40-33(39-26)30-10-8-16-44(30)35(46)32(21(3)4)42-37(48)50-6/h11-14,17-18,20-21,29-32H,7-10,15-16,19H2,1-6H3,(H,39,40)(H,41,47)(H,42,48)/t29-,30-,31-,32-/m0/s1. The summed E-state index contributed by atoms with van der Waals surface area (Å²) in [6, 6.07) is 10.7. The molecule has 13 heteroatoms. The quantitative estimate of drug-likeness (QED) is 0.277. The Bertz CT molecular complexity index is 1820. The molecule has 0 radical (unpaired) electrons. The van der Waals surface area contributed by atoms with Crippen molar-refractivity contribution in [3.63, 3.8) is 0 Å². The van der Waals surface area contributed by atoms with Crippen LogP contribution < -0.4 is 10.6 Å². The van der Waals surface area contributed by atoms with E-state index in [0.717, 1.165) is 70.6 Å². The Balaban J connectivity index is 1.17. The number of rotatable bonds is 9. The van der Waals surface area contributed by atoms with Crippen molar-refractivity contribution in [3.8, 4) is 11.1 Å². The molecule has 3 aliphatic rings. The van der Waals surface area contributed by atoms with E-state index in [9.17, 15) is 19.2 Å². The lowest BCUT2D eigenvalue weighted by Crippen LogP contribution is -2.53.